The zero-order valence-electron chi connectivity index (χ0n) is 36.9. The van der Waals surface area contributed by atoms with Gasteiger partial charge in [0.05, 0.1) is 35.5 Å². The van der Waals surface area contributed by atoms with E-state index in [1.165, 1.54) is 68.9 Å². The van der Waals surface area contributed by atoms with Gasteiger partial charge in [0, 0.05) is 62.0 Å². The van der Waals surface area contributed by atoms with E-state index in [2.05, 4.69) is 21.3 Å². The highest BCUT2D eigenvalue weighted by Crippen LogP contribution is 2.50. The number of para-hydroxylation sites is 2. The quantitative estimate of drug-likeness (QED) is 0.128. The van der Waals surface area contributed by atoms with Crippen molar-refractivity contribution in [1.29, 1.82) is 0 Å². The van der Waals surface area contributed by atoms with Crippen LogP contribution in [-0.2, 0) is 32.3 Å². The smallest absolute Gasteiger partial charge is 0.346 e. The van der Waals surface area contributed by atoms with Gasteiger partial charge in [-0.1, -0.05) is 62.8 Å². The van der Waals surface area contributed by atoms with Gasteiger partial charge in [-0.15, -0.1) is 0 Å². The van der Waals surface area contributed by atoms with Crippen LogP contribution in [0.15, 0.2) is 84.9 Å². The summed E-state index contributed by atoms with van der Waals surface area (Å²) in [5.74, 6) is 1.35. The number of aliphatic carboxylic acids is 1. The second-order valence-electron chi connectivity index (χ2n) is 17.7. The Kier molecular flexibility index (Phi) is 12.0. The van der Waals surface area contributed by atoms with Crippen LogP contribution in [0.25, 0.3) is 44.3 Å². The Hall–Kier alpha value is -6.56. The first-order valence-electron chi connectivity index (χ1n) is 22.6. The largest absolute Gasteiger partial charge is 0.478 e. The number of likely N-dealkylation sites (N-methyl/N-ethyl adjacent to an activating group) is 1. The molecule has 0 radical (unpaired) electrons. The van der Waals surface area contributed by atoms with Gasteiger partial charge in [-0.05, 0) is 97.2 Å². The number of benzene rings is 4. The highest BCUT2D eigenvalue weighted by Gasteiger charge is 2.36. The fourth-order valence-corrected chi connectivity index (χ4v) is 10.5. The van der Waals surface area contributed by atoms with Crippen molar-refractivity contribution in [3.05, 3.63) is 96.1 Å². The number of carboxylic acid groups (broad SMARTS) is 1. The third kappa shape index (κ3) is 8.21. The van der Waals surface area contributed by atoms with Crippen molar-refractivity contribution in [1.82, 2.24) is 14.0 Å². The molecule has 64 heavy (non-hydrogen) atoms. The van der Waals surface area contributed by atoms with E-state index >= 15 is 0 Å². The summed E-state index contributed by atoms with van der Waals surface area (Å²) < 4.78 is 27.3. The molecular weight excluding hydrogens is 811 g/mol. The molecule has 2 unspecified atom stereocenters. The van der Waals surface area contributed by atoms with Gasteiger partial charge in [-0.3, -0.25) is 14.4 Å². The molecule has 1 amide bonds. The number of amides is 1. The SMILES string of the molecule is CC(=O)Oc1ccc2c(C3CCCCC3)c3n(c2c1)CC(C(=O)N(C)C)Oc1ccccc1-3.CC(=O)Oc1ccc2c(C3CCCCC3)c3n(c2c1)CC(C(=O)O)Oc1ccccc1-3. The van der Waals surface area contributed by atoms with E-state index in [1.54, 1.807) is 19.0 Å². The van der Waals surface area contributed by atoms with Crippen LogP contribution >= 0.6 is 0 Å². The molecule has 4 heterocycles. The first kappa shape index (κ1) is 42.7. The predicted octanol–water partition coefficient (Wildman–Crippen LogP) is 10.3. The molecule has 6 aromatic rings. The number of carboxylic acids is 1. The fourth-order valence-electron chi connectivity index (χ4n) is 10.5. The molecule has 2 aliphatic heterocycles. The van der Waals surface area contributed by atoms with Crippen LogP contribution in [0.1, 0.15) is 101 Å². The van der Waals surface area contributed by atoms with E-state index in [-0.39, 0.29) is 24.4 Å². The predicted molar refractivity (Wildman–Crippen MR) is 244 cm³/mol. The average molecular weight is 866 g/mol. The van der Waals surface area contributed by atoms with E-state index in [1.807, 2.05) is 72.8 Å². The van der Waals surface area contributed by atoms with E-state index in [4.69, 9.17) is 18.9 Å². The lowest BCUT2D eigenvalue weighted by Gasteiger charge is -2.23. The minimum absolute atomic E-state index is 0.0742. The van der Waals surface area contributed by atoms with Gasteiger partial charge in [0.1, 0.15) is 23.0 Å². The lowest BCUT2D eigenvalue weighted by molar-refractivity contribution is -0.145. The van der Waals surface area contributed by atoms with Crippen molar-refractivity contribution in [3.63, 3.8) is 0 Å². The van der Waals surface area contributed by atoms with Crippen molar-refractivity contribution < 1.29 is 43.2 Å². The normalized spacial score (nSPS) is 18.3. The average Bonchev–Trinajstić information content (AvgIpc) is 3.62. The number of hydrogen-bond acceptors (Lipinski definition) is 8. The molecule has 2 atom stereocenters. The summed E-state index contributed by atoms with van der Waals surface area (Å²) in [4.78, 5) is 49.8. The zero-order chi connectivity index (χ0) is 44.6. The number of hydrogen-bond donors (Lipinski definition) is 1. The molecule has 12 heteroatoms. The highest BCUT2D eigenvalue weighted by molar-refractivity contribution is 5.97. The second kappa shape index (κ2) is 17.9. The summed E-state index contributed by atoms with van der Waals surface area (Å²) in [6.45, 7) is 3.37. The Bertz CT molecular complexity index is 2770. The van der Waals surface area contributed by atoms with Gasteiger partial charge >= 0.3 is 17.9 Å². The zero-order valence-corrected chi connectivity index (χ0v) is 36.9. The van der Waals surface area contributed by atoms with E-state index in [0.717, 1.165) is 70.4 Å². The van der Waals surface area contributed by atoms with Crippen LogP contribution in [0.3, 0.4) is 0 Å². The van der Waals surface area contributed by atoms with Crippen molar-refractivity contribution in [2.45, 2.75) is 115 Å². The summed E-state index contributed by atoms with van der Waals surface area (Å²) in [6.07, 6.45) is 10.3. The first-order valence-corrected chi connectivity index (χ1v) is 22.6. The highest BCUT2D eigenvalue weighted by atomic mass is 16.5. The Morgan fingerprint density at radius 3 is 1.44 bits per heavy atom. The molecule has 4 aromatic carbocycles. The fraction of sp³-hybridized carbons (Fsp3) is 0.385. The van der Waals surface area contributed by atoms with Gasteiger partial charge in [-0.2, -0.15) is 0 Å². The summed E-state index contributed by atoms with van der Waals surface area (Å²) in [6, 6.07) is 27.2. The number of ether oxygens (including phenoxy) is 4. The van der Waals surface area contributed by atoms with Crippen molar-refractivity contribution in [3.8, 4) is 45.5 Å². The molecule has 10 rings (SSSR count). The molecule has 1 N–H and O–H groups in total. The number of carbonyl (C=O) groups is 4. The minimum Gasteiger partial charge on any atom is -0.478 e. The number of carbonyl (C=O) groups excluding carboxylic acids is 3. The van der Waals surface area contributed by atoms with Crippen LogP contribution in [0.4, 0.5) is 0 Å². The monoisotopic (exact) mass is 865 g/mol. The molecule has 12 nitrogen and oxygen atoms in total. The molecule has 2 aromatic heterocycles. The molecule has 2 saturated carbocycles. The maximum atomic E-state index is 13.0. The molecule has 332 valence electrons. The third-order valence-corrected chi connectivity index (χ3v) is 13.2. The topological polar surface area (TPSA) is 139 Å². The number of nitrogens with zero attached hydrogens (tertiary/aromatic N) is 3. The number of fused-ring (bicyclic) bond motifs is 10. The van der Waals surface area contributed by atoms with Crippen molar-refractivity contribution in [2.75, 3.05) is 14.1 Å². The molecule has 0 saturated heterocycles. The molecule has 0 bridgehead atoms. The lowest BCUT2D eigenvalue weighted by Crippen LogP contribution is -2.39. The Morgan fingerprint density at radius 1 is 0.594 bits per heavy atom. The molecular formula is C52H55N3O9. The second-order valence-corrected chi connectivity index (χ2v) is 17.7. The van der Waals surface area contributed by atoms with Crippen molar-refractivity contribution >= 4 is 45.6 Å². The van der Waals surface area contributed by atoms with Crippen LogP contribution in [-0.4, -0.2) is 69.3 Å². The van der Waals surface area contributed by atoms with Crippen LogP contribution in [0, 0.1) is 0 Å². The molecule has 2 aliphatic carbocycles. The summed E-state index contributed by atoms with van der Waals surface area (Å²) in [5, 5.41) is 12.1. The lowest BCUT2D eigenvalue weighted by atomic mass is 9.82. The Morgan fingerprint density at radius 2 is 1.02 bits per heavy atom. The van der Waals surface area contributed by atoms with Gasteiger partial charge in [-0.25, -0.2) is 4.79 Å². The standard InChI is InChI=1S/C27H30N2O4.C25H25NO5/c1-17(30)32-19-13-14-20-22(15-19)29-16-24(27(31)28(2)3)33-23-12-8-7-11-21(23)26(29)25(20)18-9-5-4-6-10-18;1-15(27)30-17-11-12-18-20(13-17)26-14-22(25(28)29)31-21-10-6-5-9-19(21)24(26)23(18)16-7-3-2-4-8-16/h7-8,11-15,18,24H,4-6,9-10,16H2,1-3H3;5-6,9-13,16,22H,2-4,7-8,14H2,1H3,(H,28,29). The summed E-state index contributed by atoms with van der Waals surface area (Å²) >= 11 is 0. The van der Waals surface area contributed by atoms with Crippen molar-refractivity contribution in [2.24, 2.45) is 0 Å². The third-order valence-electron chi connectivity index (χ3n) is 13.2. The van der Waals surface area contributed by atoms with Gasteiger partial charge in [0.25, 0.3) is 5.91 Å². The summed E-state index contributed by atoms with van der Waals surface area (Å²) in [7, 11) is 3.51. The van der Waals surface area contributed by atoms with E-state index < -0.39 is 18.2 Å². The van der Waals surface area contributed by atoms with Crippen LogP contribution in [0.2, 0.25) is 0 Å². The maximum absolute atomic E-state index is 13.0. The Balaban J connectivity index is 0.000000162. The van der Waals surface area contributed by atoms with Gasteiger partial charge in [0.15, 0.2) is 6.10 Å². The van der Waals surface area contributed by atoms with Crippen LogP contribution < -0.4 is 18.9 Å². The first-order chi connectivity index (χ1) is 31.0. The van der Waals surface area contributed by atoms with Crippen LogP contribution in [0.5, 0.6) is 23.0 Å². The minimum atomic E-state index is -1.01. The summed E-state index contributed by atoms with van der Waals surface area (Å²) in [5.41, 5.74) is 8.51. The van der Waals surface area contributed by atoms with E-state index in [0.29, 0.717) is 35.6 Å². The van der Waals surface area contributed by atoms with Gasteiger partial charge < -0.3 is 38.1 Å². The molecule has 4 aliphatic rings. The Labute approximate surface area is 372 Å². The molecule has 0 spiro atoms. The number of rotatable bonds is 6. The van der Waals surface area contributed by atoms with Gasteiger partial charge in [0.2, 0.25) is 6.10 Å². The number of aromatic nitrogens is 2. The van der Waals surface area contributed by atoms with E-state index in [9.17, 15) is 24.3 Å². The number of esters is 2. The maximum Gasteiger partial charge on any atom is 0.346 e. The molecule has 2 fully saturated rings.